The molecule has 1 heterocycles. The van der Waals surface area contributed by atoms with E-state index in [4.69, 9.17) is 4.74 Å². The zero-order valence-electron chi connectivity index (χ0n) is 9.60. The summed E-state index contributed by atoms with van der Waals surface area (Å²) in [6.07, 6.45) is 1.01. The zero-order valence-corrected chi connectivity index (χ0v) is 12.8. The van der Waals surface area contributed by atoms with Gasteiger partial charge in [-0.3, -0.25) is 0 Å². The van der Waals surface area contributed by atoms with Crippen LogP contribution < -0.4 is 4.74 Å². The van der Waals surface area contributed by atoms with Crippen LogP contribution in [0.1, 0.15) is 18.6 Å². The number of halogens is 2. The topological polar surface area (TPSA) is 42.4 Å². The lowest BCUT2D eigenvalue weighted by molar-refractivity contribution is 0.194. The molecular weight excluding hydrogens is 362 g/mol. The van der Waals surface area contributed by atoms with E-state index in [-0.39, 0.29) is 0 Å². The molecule has 0 amide bonds. The van der Waals surface area contributed by atoms with Crippen molar-refractivity contribution in [1.82, 2.24) is 4.98 Å². The van der Waals surface area contributed by atoms with Gasteiger partial charge in [0.1, 0.15) is 5.75 Å². The summed E-state index contributed by atoms with van der Waals surface area (Å²) in [5.41, 5.74) is 0.660. The fourth-order valence-corrected chi connectivity index (χ4v) is 2.60. The first kappa shape index (κ1) is 13.5. The quantitative estimate of drug-likeness (QED) is 0.865. The molecule has 0 saturated carbocycles. The Bertz CT molecular complexity index is 558. The van der Waals surface area contributed by atoms with Crippen LogP contribution in [-0.2, 0) is 0 Å². The lowest BCUT2D eigenvalue weighted by Crippen LogP contribution is -1.98. The summed E-state index contributed by atoms with van der Waals surface area (Å²) in [6.45, 7) is 1.68. The van der Waals surface area contributed by atoms with E-state index < -0.39 is 6.10 Å². The Kier molecular flexibility index (Phi) is 4.37. The van der Waals surface area contributed by atoms with E-state index in [1.807, 2.05) is 18.2 Å². The molecule has 1 aromatic carbocycles. The highest BCUT2D eigenvalue weighted by atomic mass is 79.9. The summed E-state index contributed by atoms with van der Waals surface area (Å²) >= 11 is 6.80. The van der Waals surface area contributed by atoms with Gasteiger partial charge in [-0.2, -0.15) is 0 Å². The average Bonchev–Trinajstić information content (AvgIpc) is 2.33. The molecule has 2 rings (SSSR count). The van der Waals surface area contributed by atoms with Crippen LogP contribution >= 0.6 is 31.9 Å². The molecule has 0 unspecified atom stereocenters. The average molecular weight is 373 g/mol. The zero-order chi connectivity index (χ0) is 13.1. The third kappa shape index (κ3) is 3.10. The van der Waals surface area contributed by atoms with Crippen LogP contribution in [0.4, 0.5) is 0 Å². The van der Waals surface area contributed by atoms with Crippen molar-refractivity contribution in [3.05, 3.63) is 51.0 Å². The SMILES string of the molecule is C[C@H](O)c1cccnc1Oc1ccc(Br)cc1Br. The number of aliphatic hydroxyl groups excluding tert-OH is 1. The highest BCUT2D eigenvalue weighted by molar-refractivity contribution is 9.11. The Hall–Kier alpha value is -0.910. The molecule has 0 fully saturated rings. The predicted molar refractivity (Wildman–Crippen MR) is 76.8 cm³/mol. The number of pyridine rings is 1. The predicted octanol–water partition coefficient (Wildman–Crippen LogP) is 4.45. The van der Waals surface area contributed by atoms with Crippen LogP contribution in [0, 0.1) is 0 Å². The van der Waals surface area contributed by atoms with Crippen LogP contribution in [0.5, 0.6) is 11.6 Å². The Labute approximate surface area is 122 Å². The minimum atomic E-state index is -0.622. The first-order valence-electron chi connectivity index (χ1n) is 5.34. The Morgan fingerprint density at radius 2 is 2.06 bits per heavy atom. The molecule has 1 aromatic heterocycles. The van der Waals surface area contributed by atoms with Crippen molar-refractivity contribution < 1.29 is 9.84 Å². The van der Waals surface area contributed by atoms with Gasteiger partial charge in [0.2, 0.25) is 5.88 Å². The summed E-state index contributed by atoms with van der Waals surface area (Å²) in [5, 5.41) is 9.66. The Morgan fingerprint density at radius 1 is 1.28 bits per heavy atom. The number of hydrogen-bond acceptors (Lipinski definition) is 3. The van der Waals surface area contributed by atoms with Crippen LogP contribution in [-0.4, -0.2) is 10.1 Å². The van der Waals surface area contributed by atoms with Crippen molar-refractivity contribution in [1.29, 1.82) is 0 Å². The van der Waals surface area contributed by atoms with Gasteiger partial charge in [-0.15, -0.1) is 0 Å². The second kappa shape index (κ2) is 5.82. The fraction of sp³-hybridized carbons (Fsp3) is 0.154. The summed E-state index contributed by atoms with van der Waals surface area (Å²) in [5.74, 6) is 1.06. The van der Waals surface area contributed by atoms with E-state index in [9.17, 15) is 5.11 Å². The largest absolute Gasteiger partial charge is 0.437 e. The molecule has 0 radical (unpaired) electrons. The molecular formula is C13H11Br2NO2. The molecule has 18 heavy (non-hydrogen) atoms. The van der Waals surface area contributed by atoms with Crippen LogP contribution in [0.2, 0.25) is 0 Å². The molecule has 94 valence electrons. The van der Waals surface area contributed by atoms with E-state index in [2.05, 4.69) is 36.8 Å². The smallest absolute Gasteiger partial charge is 0.225 e. The van der Waals surface area contributed by atoms with Gasteiger partial charge in [0, 0.05) is 16.2 Å². The molecule has 0 aliphatic carbocycles. The lowest BCUT2D eigenvalue weighted by atomic mass is 10.2. The number of aliphatic hydroxyl groups is 1. The molecule has 5 heteroatoms. The van der Waals surface area contributed by atoms with Crippen molar-refractivity contribution in [2.75, 3.05) is 0 Å². The third-order valence-corrected chi connectivity index (χ3v) is 3.46. The van der Waals surface area contributed by atoms with Gasteiger partial charge in [-0.25, -0.2) is 4.98 Å². The molecule has 2 aromatic rings. The minimum Gasteiger partial charge on any atom is -0.437 e. The van der Waals surface area contributed by atoms with Gasteiger partial charge in [0.05, 0.1) is 10.6 Å². The number of aromatic nitrogens is 1. The maximum absolute atomic E-state index is 9.66. The van der Waals surface area contributed by atoms with Crippen molar-refractivity contribution in [3.8, 4) is 11.6 Å². The summed E-state index contributed by atoms with van der Waals surface area (Å²) < 4.78 is 7.49. The highest BCUT2D eigenvalue weighted by Crippen LogP contribution is 2.33. The number of benzene rings is 1. The second-order valence-corrected chi connectivity index (χ2v) is 5.52. The molecule has 3 nitrogen and oxygen atoms in total. The maximum atomic E-state index is 9.66. The first-order valence-corrected chi connectivity index (χ1v) is 6.92. The van der Waals surface area contributed by atoms with Gasteiger partial charge in [-0.05, 0) is 53.2 Å². The molecule has 0 aliphatic heterocycles. The normalized spacial score (nSPS) is 12.2. The van der Waals surface area contributed by atoms with Gasteiger partial charge >= 0.3 is 0 Å². The molecule has 0 bridgehead atoms. The summed E-state index contributed by atoms with van der Waals surface area (Å²) in [4.78, 5) is 4.14. The fourth-order valence-electron chi connectivity index (χ4n) is 1.47. The van der Waals surface area contributed by atoms with E-state index in [0.29, 0.717) is 17.2 Å². The third-order valence-electron chi connectivity index (χ3n) is 2.35. The second-order valence-electron chi connectivity index (χ2n) is 3.75. The lowest BCUT2D eigenvalue weighted by Gasteiger charge is -2.12. The maximum Gasteiger partial charge on any atom is 0.225 e. The number of rotatable bonds is 3. The van der Waals surface area contributed by atoms with Crippen molar-refractivity contribution >= 4 is 31.9 Å². The standard InChI is InChI=1S/C13H11Br2NO2/c1-8(17)10-3-2-6-16-13(10)18-12-5-4-9(14)7-11(12)15/h2-8,17H,1H3/t8-/m0/s1. The van der Waals surface area contributed by atoms with Crippen molar-refractivity contribution in [2.24, 2.45) is 0 Å². The Morgan fingerprint density at radius 3 is 2.72 bits per heavy atom. The highest BCUT2D eigenvalue weighted by Gasteiger charge is 2.12. The van der Waals surface area contributed by atoms with Crippen LogP contribution in [0.25, 0.3) is 0 Å². The van der Waals surface area contributed by atoms with Crippen molar-refractivity contribution in [2.45, 2.75) is 13.0 Å². The molecule has 0 saturated heterocycles. The van der Waals surface area contributed by atoms with E-state index in [1.165, 1.54) is 0 Å². The molecule has 1 atom stereocenters. The summed E-state index contributed by atoms with van der Waals surface area (Å²) in [6, 6.07) is 9.16. The molecule has 1 N–H and O–H groups in total. The number of ether oxygens (including phenoxy) is 1. The van der Waals surface area contributed by atoms with Crippen LogP contribution in [0.3, 0.4) is 0 Å². The Balaban J connectivity index is 2.34. The molecule has 0 spiro atoms. The van der Waals surface area contributed by atoms with E-state index in [0.717, 1.165) is 8.95 Å². The minimum absolute atomic E-state index is 0.413. The van der Waals surface area contributed by atoms with Gasteiger partial charge in [-0.1, -0.05) is 15.9 Å². The monoisotopic (exact) mass is 371 g/mol. The number of nitrogens with zero attached hydrogens (tertiary/aromatic N) is 1. The van der Waals surface area contributed by atoms with Gasteiger partial charge in [0.15, 0.2) is 0 Å². The van der Waals surface area contributed by atoms with Gasteiger partial charge < -0.3 is 9.84 Å². The first-order chi connectivity index (χ1) is 8.58. The van der Waals surface area contributed by atoms with E-state index >= 15 is 0 Å². The summed E-state index contributed by atoms with van der Waals surface area (Å²) in [7, 11) is 0. The van der Waals surface area contributed by atoms with Gasteiger partial charge in [0.25, 0.3) is 0 Å². The van der Waals surface area contributed by atoms with Crippen molar-refractivity contribution in [3.63, 3.8) is 0 Å². The molecule has 0 aliphatic rings. The number of hydrogen-bond donors (Lipinski definition) is 1. The van der Waals surface area contributed by atoms with Crippen LogP contribution in [0.15, 0.2) is 45.5 Å². The van der Waals surface area contributed by atoms with E-state index in [1.54, 1.807) is 25.3 Å².